The summed E-state index contributed by atoms with van der Waals surface area (Å²) in [5.74, 6) is 0.438. The third kappa shape index (κ3) is 2.72. The monoisotopic (exact) mass is 175 g/mol. The van der Waals surface area contributed by atoms with Crippen molar-refractivity contribution in [3.05, 3.63) is 0 Å². The van der Waals surface area contributed by atoms with Gasteiger partial charge in [-0.3, -0.25) is 4.90 Å². The lowest BCUT2D eigenvalue weighted by Gasteiger charge is -2.25. The largest absolute Gasteiger partial charge is 0.347 e. The maximum absolute atomic E-state index is 13.0. The van der Waals surface area contributed by atoms with Crippen molar-refractivity contribution in [3.8, 4) is 0 Å². The van der Waals surface area contributed by atoms with Crippen molar-refractivity contribution < 1.29 is 9.13 Å². The van der Waals surface area contributed by atoms with E-state index in [1.807, 2.05) is 0 Å². The Balaban J connectivity index is 2.49. The maximum Gasteiger partial charge on any atom is 0.211 e. The molecule has 3 heteroatoms. The molecule has 0 unspecified atom stereocenters. The van der Waals surface area contributed by atoms with Gasteiger partial charge in [-0.25, -0.2) is 4.39 Å². The van der Waals surface area contributed by atoms with Crippen LogP contribution < -0.4 is 0 Å². The maximum atomic E-state index is 13.0. The molecule has 0 saturated carbocycles. The summed E-state index contributed by atoms with van der Waals surface area (Å²) in [6.45, 7) is 8.17. The van der Waals surface area contributed by atoms with E-state index in [9.17, 15) is 4.39 Å². The predicted octanol–water partition coefficient (Wildman–Crippen LogP) is 1.66. The number of alkyl halides is 1. The molecule has 0 aromatic heterocycles. The Hall–Kier alpha value is -0.150. The highest BCUT2D eigenvalue weighted by Gasteiger charge is 2.23. The average molecular weight is 175 g/mol. The highest BCUT2D eigenvalue weighted by Crippen LogP contribution is 2.13. The van der Waals surface area contributed by atoms with E-state index in [0.29, 0.717) is 25.1 Å². The molecule has 72 valence electrons. The van der Waals surface area contributed by atoms with Crippen LogP contribution >= 0.6 is 0 Å². The van der Waals surface area contributed by atoms with Crippen LogP contribution in [-0.2, 0) is 4.74 Å². The zero-order valence-corrected chi connectivity index (χ0v) is 8.09. The molecule has 1 saturated heterocycles. The normalized spacial score (nSPS) is 33.8. The van der Waals surface area contributed by atoms with Crippen molar-refractivity contribution in [2.24, 2.45) is 5.92 Å². The van der Waals surface area contributed by atoms with Gasteiger partial charge in [-0.15, -0.1) is 0 Å². The smallest absolute Gasteiger partial charge is 0.211 e. The zero-order valence-electron chi connectivity index (χ0n) is 8.09. The minimum Gasteiger partial charge on any atom is -0.347 e. The van der Waals surface area contributed by atoms with E-state index in [2.05, 4.69) is 25.7 Å². The Bertz CT molecular complexity index is 128. The first-order chi connectivity index (χ1) is 5.59. The van der Waals surface area contributed by atoms with E-state index in [4.69, 9.17) is 4.74 Å². The fourth-order valence-corrected chi connectivity index (χ4v) is 1.45. The molecule has 0 amide bonds. The molecule has 0 N–H and O–H groups in total. The summed E-state index contributed by atoms with van der Waals surface area (Å²) in [6, 6.07) is 0.410. The Morgan fingerprint density at radius 3 is 2.67 bits per heavy atom. The summed E-state index contributed by atoms with van der Waals surface area (Å²) in [6.07, 6.45) is -1.10. The standard InChI is InChI=1S/C9H18FNO/c1-7(2)11-4-8(3)6-12-9(10)5-11/h7-9H,4-6H2,1-3H3/t8-,9+/m1/s1. The molecule has 0 aliphatic carbocycles. The minimum atomic E-state index is -1.10. The van der Waals surface area contributed by atoms with Gasteiger partial charge in [0.15, 0.2) is 0 Å². The number of hydrogen-bond acceptors (Lipinski definition) is 2. The molecule has 1 aliphatic heterocycles. The molecule has 1 heterocycles. The highest BCUT2D eigenvalue weighted by atomic mass is 19.1. The summed E-state index contributed by atoms with van der Waals surface area (Å²) in [7, 11) is 0. The van der Waals surface area contributed by atoms with Crippen LogP contribution in [-0.4, -0.2) is 37.0 Å². The fraction of sp³-hybridized carbons (Fsp3) is 1.00. The second kappa shape index (κ2) is 4.19. The van der Waals surface area contributed by atoms with Crippen LogP contribution in [0.15, 0.2) is 0 Å². The lowest BCUT2D eigenvalue weighted by molar-refractivity contribution is -0.0455. The van der Waals surface area contributed by atoms with Gasteiger partial charge in [-0.2, -0.15) is 0 Å². The molecule has 1 rings (SSSR count). The Morgan fingerprint density at radius 2 is 2.08 bits per heavy atom. The molecule has 2 atom stereocenters. The van der Waals surface area contributed by atoms with Crippen molar-refractivity contribution in [3.63, 3.8) is 0 Å². The Labute approximate surface area is 73.7 Å². The average Bonchev–Trinajstić information content (AvgIpc) is 2.13. The fourth-order valence-electron chi connectivity index (χ4n) is 1.45. The topological polar surface area (TPSA) is 12.5 Å². The molecular weight excluding hydrogens is 157 g/mol. The van der Waals surface area contributed by atoms with E-state index in [0.717, 1.165) is 6.54 Å². The second-order valence-electron chi connectivity index (χ2n) is 3.90. The minimum absolute atomic E-state index is 0.410. The summed E-state index contributed by atoms with van der Waals surface area (Å²) >= 11 is 0. The van der Waals surface area contributed by atoms with Gasteiger partial charge in [0.2, 0.25) is 6.36 Å². The van der Waals surface area contributed by atoms with Crippen molar-refractivity contribution in [1.29, 1.82) is 0 Å². The first-order valence-corrected chi connectivity index (χ1v) is 4.59. The van der Waals surface area contributed by atoms with Gasteiger partial charge < -0.3 is 4.74 Å². The van der Waals surface area contributed by atoms with Gasteiger partial charge in [-0.05, 0) is 19.8 Å². The molecule has 12 heavy (non-hydrogen) atoms. The molecular formula is C9H18FNO. The van der Waals surface area contributed by atoms with E-state index < -0.39 is 6.36 Å². The molecule has 0 aromatic rings. The van der Waals surface area contributed by atoms with Gasteiger partial charge in [-0.1, -0.05) is 6.92 Å². The lowest BCUT2D eigenvalue weighted by Crippen LogP contribution is -2.36. The van der Waals surface area contributed by atoms with Crippen molar-refractivity contribution in [1.82, 2.24) is 4.90 Å². The van der Waals surface area contributed by atoms with Gasteiger partial charge in [0, 0.05) is 12.6 Å². The first kappa shape index (κ1) is 9.93. The van der Waals surface area contributed by atoms with Gasteiger partial charge >= 0.3 is 0 Å². The van der Waals surface area contributed by atoms with Crippen molar-refractivity contribution in [2.75, 3.05) is 19.7 Å². The number of halogens is 1. The molecule has 0 aromatic carbocycles. The molecule has 0 bridgehead atoms. The van der Waals surface area contributed by atoms with Crippen LogP contribution in [0.3, 0.4) is 0 Å². The number of nitrogens with zero attached hydrogens (tertiary/aromatic N) is 1. The molecule has 1 fully saturated rings. The number of hydrogen-bond donors (Lipinski definition) is 0. The van der Waals surface area contributed by atoms with Crippen LogP contribution in [0, 0.1) is 5.92 Å². The van der Waals surface area contributed by atoms with Crippen molar-refractivity contribution >= 4 is 0 Å². The summed E-state index contributed by atoms with van der Waals surface area (Å²) in [5, 5.41) is 0. The number of ether oxygens (including phenoxy) is 1. The molecule has 0 spiro atoms. The summed E-state index contributed by atoms with van der Waals surface area (Å²) in [5.41, 5.74) is 0. The molecule has 2 nitrogen and oxygen atoms in total. The van der Waals surface area contributed by atoms with Crippen LogP contribution in [0.5, 0.6) is 0 Å². The summed E-state index contributed by atoms with van der Waals surface area (Å²) < 4.78 is 18.0. The third-order valence-corrected chi connectivity index (χ3v) is 2.22. The summed E-state index contributed by atoms with van der Waals surface area (Å²) in [4.78, 5) is 2.13. The third-order valence-electron chi connectivity index (χ3n) is 2.22. The quantitative estimate of drug-likeness (QED) is 0.601. The van der Waals surface area contributed by atoms with Crippen LogP contribution in [0.4, 0.5) is 4.39 Å². The lowest BCUT2D eigenvalue weighted by atomic mass is 10.1. The van der Waals surface area contributed by atoms with Crippen LogP contribution in [0.25, 0.3) is 0 Å². The van der Waals surface area contributed by atoms with E-state index in [1.165, 1.54) is 0 Å². The second-order valence-corrected chi connectivity index (χ2v) is 3.90. The molecule has 1 aliphatic rings. The van der Waals surface area contributed by atoms with Crippen molar-refractivity contribution in [2.45, 2.75) is 33.2 Å². The Kier molecular flexibility index (Phi) is 3.47. The SMILES string of the molecule is CC(C)N1C[C@@H](C)CO[C@H](F)C1. The van der Waals surface area contributed by atoms with E-state index in [1.54, 1.807) is 0 Å². The predicted molar refractivity (Wildman–Crippen MR) is 46.7 cm³/mol. The van der Waals surface area contributed by atoms with Crippen LogP contribution in [0.2, 0.25) is 0 Å². The highest BCUT2D eigenvalue weighted by molar-refractivity contribution is 4.70. The van der Waals surface area contributed by atoms with Crippen LogP contribution in [0.1, 0.15) is 20.8 Å². The van der Waals surface area contributed by atoms with E-state index >= 15 is 0 Å². The van der Waals surface area contributed by atoms with E-state index in [-0.39, 0.29) is 0 Å². The Morgan fingerprint density at radius 1 is 1.42 bits per heavy atom. The van der Waals surface area contributed by atoms with Gasteiger partial charge in [0.1, 0.15) is 0 Å². The first-order valence-electron chi connectivity index (χ1n) is 4.59. The number of rotatable bonds is 1. The van der Waals surface area contributed by atoms with Gasteiger partial charge in [0.25, 0.3) is 0 Å². The molecule has 0 radical (unpaired) electrons. The zero-order chi connectivity index (χ0) is 9.14. The van der Waals surface area contributed by atoms with Gasteiger partial charge in [0.05, 0.1) is 13.2 Å².